The Hall–Kier alpha value is -0.424. The Morgan fingerprint density at radius 2 is 2.20 bits per heavy atom. The molecule has 0 unspecified atom stereocenters. The molecule has 0 amide bonds. The van der Waals surface area contributed by atoms with Crippen molar-refractivity contribution in [1.82, 2.24) is 0 Å². The summed E-state index contributed by atoms with van der Waals surface area (Å²) < 4.78 is 0. The number of unbranched alkanes of at least 4 members (excludes halogenated alkanes) is 1. The van der Waals surface area contributed by atoms with Crippen LogP contribution in [0.15, 0.2) is 0 Å². The maximum Gasteiger partial charge on any atom is 0.330 e. The summed E-state index contributed by atoms with van der Waals surface area (Å²) in [6, 6.07) is 0. The van der Waals surface area contributed by atoms with Gasteiger partial charge in [-0.15, -0.1) is 5.41 Å². The molecule has 0 aromatic rings. The molecule has 4 nitrogen and oxygen atoms in total. The van der Waals surface area contributed by atoms with Crippen molar-refractivity contribution in [1.29, 1.82) is 5.41 Å². The van der Waals surface area contributed by atoms with Gasteiger partial charge in [0, 0.05) is 16.8 Å². The molecule has 0 aliphatic heterocycles. The van der Waals surface area contributed by atoms with Crippen molar-refractivity contribution in [3.63, 3.8) is 0 Å². The SMILES string of the molecule is CCCCC(=N)[N+](=O)[O-].[Co]. The monoisotopic (exact) mass is 189 g/mol. The molecule has 61 valence electrons. The first-order valence-corrected chi connectivity index (χ1v) is 2.90. The molecular formula is C5H10CoN2O2. The molecule has 0 heterocycles. The molecule has 5 heteroatoms. The van der Waals surface area contributed by atoms with Crippen LogP contribution in [-0.2, 0) is 16.8 Å². The van der Waals surface area contributed by atoms with Gasteiger partial charge in [0.2, 0.25) is 0 Å². The van der Waals surface area contributed by atoms with E-state index < -0.39 is 4.92 Å². The van der Waals surface area contributed by atoms with Crippen molar-refractivity contribution in [2.24, 2.45) is 0 Å². The van der Waals surface area contributed by atoms with Gasteiger partial charge < -0.3 is 10.1 Å². The van der Waals surface area contributed by atoms with Crippen molar-refractivity contribution in [2.75, 3.05) is 0 Å². The van der Waals surface area contributed by atoms with E-state index in [1.165, 1.54) is 0 Å². The van der Waals surface area contributed by atoms with E-state index in [1.807, 2.05) is 6.92 Å². The molecule has 0 atom stereocenters. The van der Waals surface area contributed by atoms with Crippen molar-refractivity contribution >= 4 is 5.84 Å². The Bertz CT molecular complexity index is 127. The zero-order valence-electron chi connectivity index (χ0n) is 5.72. The Morgan fingerprint density at radius 1 is 1.70 bits per heavy atom. The van der Waals surface area contributed by atoms with Crippen LogP contribution in [0.2, 0.25) is 0 Å². The van der Waals surface area contributed by atoms with Gasteiger partial charge in [0.05, 0.1) is 6.42 Å². The van der Waals surface area contributed by atoms with Crippen LogP contribution in [0.25, 0.3) is 0 Å². The first-order chi connectivity index (χ1) is 4.18. The minimum atomic E-state index is -0.643. The Morgan fingerprint density at radius 3 is 2.50 bits per heavy atom. The third kappa shape index (κ3) is 5.71. The summed E-state index contributed by atoms with van der Waals surface area (Å²) in [7, 11) is 0. The topological polar surface area (TPSA) is 67.0 Å². The van der Waals surface area contributed by atoms with Crippen LogP contribution in [0.5, 0.6) is 0 Å². The second-order valence-electron chi connectivity index (χ2n) is 1.81. The number of hydrogen-bond acceptors (Lipinski definition) is 3. The summed E-state index contributed by atoms with van der Waals surface area (Å²) in [5.74, 6) is -0.378. The zero-order valence-corrected chi connectivity index (χ0v) is 6.76. The van der Waals surface area contributed by atoms with E-state index >= 15 is 0 Å². The smallest absolute Gasteiger partial charge is 0.330 e. The van der Waals surface area contributed by atoms with Crippen molar-refractivity contribution in [3.8, 4) is 0 Å². The van der Waals surface area contributed by atoms with Crippen molar-refractivity contribution < 1.29 is 21.7 Å². The molecule has 0 saturated carbocycles. The zero-order chi connectivity index (χ0) is 7.28. The second kappa shape index (κ2) is 6.69. The van der Waals surface area contributed by atoms with E-state index in [2.05, 4.69) is 0 Å². The fourth-order valence-electron chi connectivity index (χ4n) is 0.436. The first-order valence-electron chi connectivity index (χ1n) is 2.90. The Labute approximate surface area is 69.9 Å². The fraction of sp³-hybridized carbons (Fsp3) is 0.800. The van der Waals surface area contributed by atoms with Gasteiger partial charge >= 0.3 is 5.84 Å². The van der Waals surface area contributed by atoms with Crippen LogP contribution in [-0.4, -0.2) is 10.8 Å². The third-order valence-electron chi connectivity index (χ3n) is 0.988. The average Bonchev–Trinajstić information content (AvgIpc) is 1.82. The molecule has 10 heavy (non-hydrogen) atoms. The molecule has 1 N–H and O–H groups in total. The molecule has 0 aliphatic carbocycles. The molecule has 0 saturated heterocycles. The van der Waals surface area contributed by atoms with E-state index in [4.69, 9.17) is 5.41 Å². The van der Waals surface area contributed by atoms with Gasteiger partial charge in [0.1, 0.15) is 0 Å². The van der Waals surface area contributed by atoms with Crippen LogP contribution in [0.4, 0.5) is 0 Å². The summed E-state index contributed by atoms with van der Waals surface area (Å²) in [5, 5.41) is 16.5. The maximum absolute atomic E-state index is 9.79. The summed E-state index contributed by atoms with van der Waals surface area (Å²) in [6.07, 6.45) is 1.93. The van der Waals surface area contributed by atoms with Crippen LogP contribution in [0.1, 0.15) is 26.2 Å². The van der Waals surface area contributed by atoms with Gasteiger partial charge in [0.25, 0.3) is 0 Å². The van der Waals surface area contributed by atoms with E-state index in [-0.39, 0.29) is 22.6 Å². The number of rotatable bonds is 3. The maximum atomic E-state index is 9.79. The summed E-state index contributed by atoms with van der Waals surface area (Å²) in [5.41, 5.74) is 0. The van der Waals surface area contributed by atoms with E-state index in [9.17, 15) is 10.1 Å². The predicted molar refractivity (Wildman–Crippen MR) is 34.2 cm³/mol. The van der Waals surface area contributed by atoms with Gasteiger partial charge in [-0.3, -0.25) is 0 Å². The third-order valence-corrected chi connectivity index (χ3v) is 0.988. The van der Waals surface area contributed by atoms with Gasteiger partial charge in [0.15, 0.2) is 0 Å². The normalized spacial score (nSPS) is 8.10. The number of nitrogens with one attached hydrogen (secondary N) is 1. The van der Waals surface area contributed by atoms with E-state index in [0.29, 0.717) is 6.42 Å². The van der Waals surface area contributed by atoms with Gasteiger partial charge in [-0.05, 0) is 11.3 Å². The van der Waals surface area contributed by atoms with E-state index in [0.717, 1.165) is 12.8 Å². The number of nitrogens with zero attached hydrogens (tertiary/aromatic N) is 1. The summed E-state index contributed by atoms with van der Waals surface area (Å²) in [6.45, 7) is 1.94. The number of amidine groups is 1. The standard InChI is InChI=1S/C5H10N2O2.Co/c1-2-3-4-5(6)7(8)9;/h6H,2-4H2,1H3;. The van der Waals surface area contributed by atoms with Gasteiger partial charge in [-0.25, -0.2) is 0 Å². The quantitative estimate of drug-likeness (QED) is 0.316. The van der Waals surface area contributed by atoms with Crippen molar-refractivity contribution in [2.45, 2.75) is 26.2 Å². The van der Waals surface area contributed by atoms with Crippen LogP contribution >= 0.6 is 0 Å². The van der Waals surface area contributed by atoms with Crippen LogP contribution < -0.4 is 0 Å². The molecule has 0 aliphatic rings. The molecule has 0 aromatic carbocycles. The molecular weight excluding hydrogens is 179 g/mol. The Kier molecular flexibility index (Phi) is 8.21. The molecule has 0 rings (SSSR count). The van der Waals surface area contributed by atoms with Crippen molar-refractivity contribution in [3.05, 3.63) is 10.1 Å². The second-order valence-corrected chi connectivity index (χ2v) is 1.81. The Balaban J connectivity index is 0. The van der Waals surface area contributed by atoms with E-state index in [1.54, 1.807) is 0 Å². The molecule has 0 bridgehead atoms. The molecule has 0 spiro atoms. The minimum absolute atomic E-state index is 0. The molecule has 0 fully saturated rings. The predicted octanol–water partition coefficient (Wildman–Crippen LogP) is 1.43. The minimum Gasteiger partial charge on any atom is -0.358 e. The van der Waals surface area contributed by atoms with Crippen LogP contribution in [0, 0.1) is 15.5 Å². The summed E-state index contributed by atoms with van der Waals surface area (Å²) in [4.78, 5) is 9.14. The fourth-order valence-corrected chi connectivity index (χ4v) is 0.436. The largest absolute Gasteiger partial charge is 0.358 e. The molecule has 1 radical (unpaired) electrons. The number of hydrogen-bond donors (Lipinski definition) is 1. The first kappa shape index (κ1) is 12.3. The van der Waals surface area contributed by atoms with Gasteiger partial charge in [-0.1, -0.05) is 13.3 Å². The van der Waals surface area contributed by atoms with Crippen LogP contribution in [0.3, 0.4) is 0 Å². The summed E-state index contributed by atoms with van der Waals surface area (Å²) >= 11 is 0. The van der Waals surface area contributed by atoms with Gasteiger partial charge in [-0.2, -0.15) is 0 Å². The molecule has 0 aromatic heterocycles. The average molecular weight is 189 g/mol. The number of nitro groups is 1.